The number of esters is 1. The van der Waals surface area contributed by atoms with Crippen LogP contribution in [0, 0.1) is 11.3 Å². The molecule has 160 valence electrons. The summed E-state index contributed by atoms with van der Waals surface area (Å²) in [6, 6.07) is 1.15. The summed E-state index contributed by atoms with van der Waals surface area (Å²) in [6.45, 7) is 6.87. The lowest BCUT2D eigenvalue weighted by atomic mass is 9.76. The first-order valence-corrected chi connectivity index (χ1v) is 10.1. The van der Waals surface area contributed by atoms with E-state index in [4.69, 9.17) is 13.9 Å². The van der Waals surface area contributed by atoms with Crippen LogP contribution in [0.25, 0.3) is 0 Å². The summed E-state index contributed by atoms with van der Waals surface area (Å²) < 4.78 is 15.8. The van der Waals surface area contributed by atoms with Crippen molar-refractivity contribution < 1.29 is 23.5 Å². The lowest BCUT2D eigenvalue weighted by molar-refractivity contribution is -0.151. The number of piperidine rings is 1. The molecule has 0 radical (unpaired) electrons. The van der Waals surface area contributed by atoms with Crippen molar-refractivity contribution in [2.45, 2.75) is 39.2 Å². The summed E-state index contributed by atoms with van der Waals surface area (Å²) in [5.74, 6) is 0.0938. The smallest absolute Gasteiger partial charge is 0.312 e. The molecule has 2 fully saturated rings. The second-order valence-corrected chi connectivity index (χ2v) is 8.60. The van der Waals surface area contributed by atoms with Crippen LogP contribution in [0.15, 0.2) is 21.5 Å². The number of ether oxygens (including phenoxy) is 2. The molecule has 8 heteroatoms. The molecule has 2 aliphatic rings. The van der Waals surface area contributed by atoms with Gasteiger partial charge in [0.1, 0.15) is 12.4 Å². The van der Waals surface area contributed by atoms with Gasteiger partial charge in [0.05, 0.1) is 12.5 Å². The predicted octanol–water partition coefficient (Wildman–Crippen LogP) is 1.77. The number of likely N-dealkylation sites (N-methyl/N-ethyl adjacent to an activating group) is 1. The standard InChI is InChI=1S/C21H30N2O6/c1-14(2)11-22(3)12-15-10-21(20(26)29-15)5-7-23(8-6-21)19(25)17-9-16(24)18(27-4)13-28-17/h9,13-15H,5-8,10-12H2,1-4H3. The van der Waals surface area contributed by atoms with Crippen molar-refractivity contribution in [3.05, 3.63) is 28.3 Å². The summed E-state index contributed by atoms with van der Waals surface area (Å²) in [5, 5.41) is 0. The molecule has 8 nitrogen and oxygen atoms in total. The summed E-state index contributed by atoms with van der Waals surface area (Å²) in [6.07, 6.45) is 2.85. The van der Waals surface area contributed by atoms with Crippen LogP contribution in [0.5, 0.6) is 5.75 Å². The number of amides is 1. The number of nitrogens with zero attached hydrogens (tertiary/aromatic N) is 2. The van der Waals surface area contributed by atoms with Crippen LogP contribution in [0.2, 0.25) is 0 Å². The highest BCUT2D eigenvalue weighted by atomic mass is 16.6. The third-order valence-electron chi connectivity index (χ3n) is 5.75. The topological polar surface area (TPSA) is 89.3 Å². The number of carbonyl (C=O) groups excluding carboxylic acids is 2. The van der Waals surface area contributed by atoms with Crippen LogP contribution in [0.3, 0.4) is 0 Å². The summed E-state index contributed by atoms with van der Waals surface area (Å²) in [5.41, 5.74) is -0.913. The van der Waals surface area contributed by atoms with Gasteiger partial charge in [0.2, 0.25) is 11.2 Å². The molecule has 1 aromatic rings. The Balaban J connectivity index is 1.59. The van der Waals surface area contributed by atoms with Gasteiger partial charge in [-0.25, -0.2) is 0 Å². The van der Waals surface area contributed by atoms with Gasteiger partial charge in [-0.15, -0.1) is 0 Å². The molecule has 1 amide bonds. The van der Waals surface area contributed by atoms with Crippen molar-refractivity contribution in [3.8, 4) is 5.75 Å². The normalized spacial score (nSPS) is 21.1. The zero-order chi connectivity index (χ0) is 21.2. The highest BCUT2D eigenvalue weighted by Crippen LogP contribution is 2.43. The van der Waals surface area contributed by atoms with Crippen molar-refractivity contribution in [2.75, 3.05) is 40.3 Å². The van der Waals surface area contributed by atoms with Gasteiger partial charge in [-0.2, -0.15) is 0 Å². The molecule has 1 spiro atoms. The van der Waals surface area contributed by atoms with Crippen molar-refractivity contribution in [3.63, 3.8) is 0 Å². The number of hydrogen-bond acceptors (Lipinski definition) is 7. The maximum absolute atomic E-state index is 12.7. The molecule has 3 heterocycles. The van der Waals surface area contributed by atoms with E-state index in [-0.39, 0.29) is 29.5 Å². The van der Waals surface area contributed by atoms with Crippen LogP contribution in [-0.2, 0) is 9.53 Å². The average molecular weight is 406 g/mol. The minimum absolute atomic E-state index is 0.0195. The molecule has 0 aromatic carbocycles. The van der Waals surface area contributed by atoms with E-state index in [0.29, 0.717) is 38.3 Å². The first-order valence-electron chi connectivity index (χ1n) is 10.1. The van der Waals surface area contributed by atoms with Gasteiger partial charge < -0.3 is 23.7 Å². The van der Waals surface area contributed by atoms with E-state index in [0.717, 1.165) is 25.4 Å². The molecule has 0 saturated carbocycles. The molecule has 3 rings (SSSR count). The largest absolute Gasteiger partial charge is 0.490 e. The molecule has 2 saturated heterocycles. The summed E-state index contributed by atoms with van der Waals surface area (Å²) >= 11 is 0. The minimum Gasteiger partial charge on any atom is -0.490 e. The molecule has 29 heavy (non-hydrogen) atoms. The SMILES string of the molecule is COc1coc(C(=O)N2CCC3(CC2)CC(CN(C)CC(C)C)OC3=O)cc1=O. The summed E-state index contributed by atoms with van der Waals surface area (Å²) in [4.78, 5) is 41.0. The number of carbonyl (C=O) groups is 2. The van der Waals surface area contributed by atoms with Gasteiger partial charge in [-0.05, 0) is 25.8 Å². The van der Waals surface area contributed by atoms with Crippen LogP contribution in [0.4, 0.5) is 0 Å². The zero-order valence-corrected chi connectivity index (χ0v) is 17.6. The van der Waals surface area contributed by atoms with Gasteiger partial charge in [0, 0.05) is 38.7 Å². The number of cyclic esters (lactones) is 1. The van der Waals surface area contributed by atoms with Gasteiger partial charge in [0.25, 0.3) is 5.91 Å². The molecule has 1 atom stereocenters. The fourth-order valence-corrected chi connectivity index (χ4v) is 4.35. The van der Waals surface area contributed by atoms with E-state index in [1.54, 1.807) is 4.90 Å². The van der Waals surface area contributed by atoms with Gasteiger partial charge >= 0.3 is 5.97 Å². The summed E-state index contributed by atoms with van der Waals surface area (Å²) in [7, 11) is 3.41. The zero-order valence-electron chi connectivity index (χ0n) is 17.6. The fraction of sp³-hybridized carbons (Fsp3) is 0.667. The number of hydrogen-bond donors (Lipinski definition) is 0. The lowest BCUT2D eigenvalue weighted by Gasteiger charge is -2.36. The predicted molar refractivity (Wildman–Crippen MR) is 106 cm³/mol. The molecule has 0 aliphatic carbocycles. The minimum atomic E-state index is -0.513. The molecule has 0 bridgehead atoms. The van der Waals surface area contributed by atoms with E-state index in [9.17, 15) is 14.4 Å². The van der Waals surface area contributed by atoms with E-state index in [2.05, 4.69) is 18.7 Å². The number of likely N-dealkylation sites (tertiary alicyclic amines) is 1. The van der Waals surface area contributed by atoms with E-state index in [1.165, 1.54) is 7.11 Å². The Kier molecular flexibility index (Phi) is 6.31. The van der Waals surface area contributed by atoms with Crippen molar-refractivity contribution in [1.82, 2.24) is 9.80 Å². The maximum Gasteiger partial charge on any atom is 0.312 e. The third kappa shape index (κ3) is 4.63. The second-order valence-electron chi connectivity index (χ2n) is 8.60. The number of rotatable bonds is 6. The molecular weight excluding hydrogens is 376 g/mol. The number of methoxy groups -OCH3 is 1. The van der Waals surface area contributed by atoms with Crippen molar-refractivity contribution >= 4 is 11.9 Å². The van der Waals surface area contributed by atoms with Gasteiger partial charge in [0.15, 0.2) is 5.76 Å². The fourth-order valence-electron chi connectivity index (χ4n) is 4.35. The Labute approximate surface area is 170 Å². The Hall–Kier alpha value is -2.35. The van der Waals surface area contributed by atoms with Crippen LogP contribution in [-0.4, -0.2) is 68.1 Å². The Morgan fingerprint density at radius 1 is 1.34 bits per heavy atom. The van der Waals surface area contributed by atoms with E-state index in [1.807, 2.05) is 7.05 Å². The van der Waals surface area contributed by atoms with Crippen molar-refractivity contribution in [2.24, 2.45) is 11.3 Å². The Morgan fingerprint density at radius 3 is 2.62 bits per heavy atom. The Bertz CT molecular complexity index is 810. The highest BCUT2D eigenvalue weighted by molar-refractivity contribution is 5.91. The van der Waals surface area contributed by atoms with E-state index < -0.39 is 10.8 Å². The third-order valence-corrected chi connectivity index (χ3v) is 5.75. The molecule has 1 aromatic heterocycles. The second kappa shape index (κ2) is 8.57. The van der Waals surface area contributed by atoms with Gasteiger partial charge in [-0.3, -0.25) is 14.4 Å². The first-order chi connectivity index (χ1) is 13.7. The van der Waals surface area contributed by atoms with Crippen LogP contribution >= 0.6 is 0 Å². The van der Waals surface area contributed by atoms with E-state index >= 15 is 0 Å². The van der Waals surface area contributed by atoms with Crippen LogP contribution in [0.1, 0.15) is 43.7 Å². The highest BCUT2D eigenvalue weighted by Gasteiger charge is 2.51. The Morgan fingerprint density at radius 2 is 2.03 bits per heavy atom. The average Bonchev–Trinajstić information content (AvgIpc) is 2.95. The van der Waals surface area contributed by atoms with Gasteiger partial charge in [-0.1, -0.05) is 13.8 Å². The van der Waals surface area contributed by atoms with Crippen LogP contribution < -0.4 is 10.2 Å². The molecule has 2 aliphatic heterocycles. The lowest BCUT2D eigenvalue weighted by Crippen LogP contribution is -2.45. The quantitative estimate of drug-likeness (QED) is 0.665. The molecular formula is C21H30N2O6. The van der Waals surface area contributed by atoms with Crippen molar-refractivity contribution in [1.29, 1.82) is 0 Å². The monoisotopic (exact) mass is 406 g/mol. The molecule has 0 N–H and O–H groups in total. The maximum atomic E-state index is 12.7. The first kappa shape index (κ1) is 21.4. The molecule has 1 unspecified atom stereocenters.